The summed E-state index contributed by atoms with van der Waals surface area (Å²) in [6.07, 6.45) is 10.7. The van der Waals surface area contributed by atoms with Gasteiger partial charge in [0.2, 0.25) is 0 Å². The van der Waals surface area contributed by atoms with Crippen molar-refractivity contribution in [2.24, 2.45) is 5.92 Å². The Labute approximate surface area is 98.3 Å². The van der Waals surface area contributed by atoms with Gasteiger partial charge in [-0.3, -0.25) is 0 Å². The molecule has 90 valence electrons. The van der Waals surface area contributed by atoms with Crippen LogP contribution in [0.1, 0.15) is 66.2 Å². The van der Waals surface area contributed by atoms with Gasteiger partial charge in [-0.05, 0) is 5.92 Å². The van der Waals surface area contributed by atoms with E-state index in [0.717, 1.165) is 18.4 Å². The molecule has 1 heterocycles. The summed E-state index contributed by atoms with van der Waals surface area (Å²) in [5.41, 5.74) is 0. The zero-order valence-corrected chi connectivity index (χ0v) is 11.7. The lowest BCUT2D eigenvalue weighted by Crippen LogP contribution is -2.30. The molecule has 1 saturated heterocycles. The van der Waals surface area contributed by atoms with Gasteiger partial charge in [-0.2, -0.15) is 0 Å². The van der Waals surface area contributed by atoms with Crippen LogP contribution in [0.2, 0.25) is 19.0 Å². The molecule has 0 aromatic heterocycles. The lowest BCUT2D eigenvalue weighted by Gasteiger charge is -2.38. The second-order valence-electron chi connectivity index (χ2n) is 4.62. The fourth-order valence-corrected chi connectivity index (χ4v) is 3.26. The molecule has 1 aliphatic heterocycles. The normalized spacial score (nSPS) is 29.0. The van der Waals surface area contributed by atoms with Gasteiger partial charge in [-0.1, -0.05) is 85.2 Å². The van der Waals surface area contributed by atoms with Crippen LogP contribution in [0.15, 0.2) is 0 Å². The highest BCUT2D eigenvalue weighted by atomic mass is 14.3. The highest BCUT2D eigenvalue weighted by molar-refractivity contribution is 6.59. The summed E-state index contributed by atoms with van der Waals surface area (Å²) in [6.45, 7) is 11.5. The van der Waals surface area contributed by atoms with Gasteiger partial charge in [0, 0.05) is 0 Å². The standard InChI is InChI=1S/C10H19B.2C2H6/c1-11-8-4-6-9-5-2-3-7-10(9)11;2*1-2/h9-10H,2-8H2,1H3;2*1-2H3. The molecule has 0 aromatic rings. The summed E-state index contributed by atoms with van der Waals surface area (Å²) in [5.74, 6) is 2.25. The van der Waals surface area contributed by atoms with Gasteiger partial charge in [-0.15, -0.1) is 0 Å². The first-order valence-corrected chi connectivity index (χ1v) is 7.38. The maximum atomic E-state index is 2.47. The van der Waals surface area contributed by atoms with Crippen LogP contribution < -0.4 is 0 Å². The molecule has 0 amide bonds. The van der Waals surface area contributed by atoms with Crippen molar-refractivity contribution in [3.05, 3.63) is 0 Å². The third-order valence-corrected chi connectivity index (χ3v) is 3.93. The van der Waals surface area contributed by atoms with Crippen LogP contribution in [0.4, 0.5) is 0 Å². The zero-order valence-electron chi connectivity index (χ0n) is 11.7. The van der Waals surface area contributed by atoms with E-state index in [1.165, 1.54) is 25.6 Å². The number of hydrogen-bond acceptors (Lipinski definition) is 0. The van der Waals surface area contributed by atoms with E-state index in [1.54, 1.807) is 19.3 Å². The summed E-state index contributed by atoms with van der Waals surface area (Å²) >= 11 is 0. The molecule has 0 aromatic carbocycles. The SMILES string of the molecule is CB1CCCC2CCCCC12.CC.CC. The average Bonchev–Trinajstić information content (AvgIpc) is 2.35. The molecule has 2 unspecified atom stereocenters. The third kappa shape index (κ3) is 4.61. The van der Waals surface area contributed by atoms with Crippen molar-refractivity contribution in [1.29, 1.82) is 0 Å². The Kier molecular flexibility index (Phi) is 9.34. The summed E-state index contributed by atoms with van der Waals surface area (Å²) in [7, 11) is 0. The van der Waals surface area contributed by atoms with Crippen molar-refractivity contribution in [3.8, 4) is 0 Å². The van der Waals surface area contributed by atoms with Crippen molar-refractivity contribution >= 4 is 6.71 Å². The Bertz CT molecular complexity index is 131. The van der Waals surface area contributed by atoms with E-state index in [0.29, 0.717) is 0 Å². The maximum Gasteiger partial charge on any atom is 0.140 e. The Morgan fingerprint density at radius 3 is 1.93 bits per heavy atom. The second-order valence-corrected chi connectivity index (χ2v) is 4.62. The number of fused-ring (bicyclic) bond motifs is 1. The van der Waals surface area contributed by atoms with Gasteiger partial charge in [0.15, 0.2) is 0 Å². The Morgan fingerprint density at radius 2 is 1.33 bits per heavy atom. The summed E-state index contributed by atoms with van der Waals surface area (Å²) < 4.78 is 0. The van der Waals surface area contributed by atoms with Crippen LogP contribution in [0.5, 0.6) is 0 Å². The average molecular weight is 210 g/mol. The largest absolute Gasteiger partial charge is 0.140 e. The van der Waals surface area contributed by atoms with Crippen LogP contribution >= 0.6 is 0 Å². The molecule has 1 aliphatic carbocycles. The van der Waals surface area contributed by atoms with Gasteiger partial charge in [0.05, 0.1) is 0 Å². The van der Waals surface area contributed by atoms with Gasteiger partial charge >= 0.3 is 0 Å². The predicted octanol–water partition coefficient (Wildman–Crippen LogP) is 5.52. The molecule has 0 nitrogen and oxygen atoms in total. The van der Waals surface area contributed by atoms with Crippen LogP contribution in [-0.2, 0) is 0 Å². The van der Waals surface area contributed by atoms with E-state index >= 15 is 0 Å². The highest BCUT2D eigenvalue weighted by Gasteiger charge is 2.33. The fourth-order valence-electron chi connectivity index (χ4n) is 3.26. The van der Waals surface area contributed by atoms with Crippen LogP contribution in [0.25, 0.3) is 0 Å². The van der Waals surface area contributed by atoms with Crippen LogP contribution in [-0.4, -0.2) is 6.71 Å². The molecule has 0 bridgehead atoms. The van der Waals surface area contributed by atoms with Crippen molar-refractivity contribution in [2.45, 2.75) is 85.2 Å². The van der Waals surface area contributed by atoms with Crippen molar-refractivity contribution in [3.63, 3.8) is 0 Å². The molecule has 0 spiro atoms. The van der Waals surface area contributed by atoms with E-state index in [4.69, 9.17) is 0 Å². The van der Waals surface area contributed by atoms with Gasteiger partial charge in [-0.25, -0.2) is 0 Å². The molecular formula is C14H31B. The molecule has 2 atom stereocenters. The first-order valence-electron chi connectivity index (χ1n) is 7.38. The minimum atomic E-state index is 1.05. The Hall–Kier alpha value is 0.0649. The fraction of sp³-hybridized carbons (Fsp3) is 1.00. The molecule has 1 saturated carbocycles. The molecule has 0 radical (unpaired) electrons. The molecule has 2 aliphatic rings. The van der Waals surface area contributed by atoms with Crippen LogP contribution in [0.3, 0.4) is 0 Å². The summed E-state index contributed by atoms with van der Waals surface area (Å²) in [6, 6.07) is 0. The Balaban J connectivity index is 0.000000442. The van der Waals surface area contributed by atoms with Gasteiger partial charge in [0.1, 0.15) is 6.71 Å². The van der Waals surface area contributed by atoms with E-state index in [-0.39, 0.29) is 0 Å². The quantitative estimate of drug-likeness (QED) is 0.462. The first-order chi connectivity index (χ1) is 7.38. The minimum Gasteiger partial charge on any atom is -0.0859 e. The molecule has 1 heteroatoms. The van der Waals surface area contributed by atoms with Crippen molar-refractivity contribution in [1.82, 2.24) is 0 Å². The molecule has 2 fully saturated rings. The molecule has 2 rings (SSSR count). The van der Waals surface area contributed by atoms with E-state index < -0.39 is 0 Å². The van der Waals surface area contributed by atoms with Gasteiger partial charge in [0.25, 0.3) is 0 Å². The number of hydrogen-bond donors (Lipinski definition) is 0. The summed E-state index contributed by atoms with van der Waals surface area (Å²) in [4.78, 5) is 0. The predicted molar refractivity (Wildman–Crippen MR) is 74.1 cm³/mol. The smallest absolute Gasteiger partial charge is 0.0859 e. The monoisotopic (exact) mass is 210 g/mol. The van der Waals surface area contributed by atoms with Crippen molar-refractivity contribution in [2.75, 3.05) is 0 Å². The maximum absolute atomic E-state index is 2.47. The van der Waals surface area contributed by atoms with E-state index in [2.05, 4.69) is 6.82 Å². The van der Waals surface area contributed by atoms with E-state index in [9.17, 15) is 0 Å². The van der Waals surface area contributed by atoms with E-state index in [1.807, 2.05) is 27.7 Å². The zero-order chi connectivity index (χ0) is 11.7. The van der Waals surface area contributed by atoms with Crippen molar-refractivity contribution < 1.29 is 0 Å². The lowest BCUT2D eigenvalue weighted by molar-refractivity contribution is 0.318. The number of rotatable bonds is 0. The summed E-state index contributed by atoms with van der Waals surface area (Å²) in [5, 5.41) is 0. The second kappa shape index (κ2) is 9.30. The lowest BCUT2D eigenvalue weighted by atomic mass is 9.33. The molecular weight excluding hydrogens is 179 g/mol. The Morgan fingerprint density at radius 1 is 0.800 bits per heavy atom. The highest BCUT2D eigenvalue weighted by Crippen LogP contribution is 2.44. The van der Waals surface area contributed by atoms with Crippen LogP contribution in [0, 0.1) is 5.92 Å². The van der Waals surface area contributed by atoms with Gasteiger partial charge < -0.3 is 0 Å². The molecule has 15 heavy (non-hydrogen) atoms. The molecule has 0 N–H and O–H groups in total. The minimum absolute atomic E-state index is 1.05. The third-order valence-electron chi connectivity index (χ3n) is 3.93. The first kappa shape index (κ1) is 15.1. The topological polar surface area (TPSA) is 0 Å².